The van der Waals surface area contributed by atoms with Crippen molar-refractivity contribution in [3.05, 3.63) is 167 Å². The van der Waals surface area contributed by atoms with Gasteiger partial charge in [-0.05, 0) is 46.5 Å². The number of amides is 1. The van der Waals surface area contributed by atoms with Crippen molar-refractivity contribution >= 4 is 11.6 Å². The summed E-state index contributed by atoms with van der Waals surface area (Å²) in [6, 6.07) is 40.1. The molecule has 6 rings (SSSR count). The highest BCUT2D eigenvalue weighted by Gasteiger charge is 2.39. The summed E-state index contributed by atoms with van der Waals surface area (Å²) in [5.41, 5.74) is 6.30. The molecule has 4 aromatic carbocycles. The van der Waals surface area contributed by atoms with E-state index >= 15 is 0 Å². The van der Waals surface area contributed by atoms with Gasteiger partial charge in [0.2, 0.25) is 0 Å². The van der Waals surface area contributed by atoms with E-state index in [1.807, 2.05) is 60.7 Å². The number of pyridine rings is 1. The van der Waals surface area contributed by atoms with Gasteiger partial charge in [-0.25, -0.2) is 0 Å². The summed E-state index contributed by atoms with van der Waals surface area (Å²) >= 11 is 0. The summed E-state index contributed by atoms with van der Waals surface area (Å²) in [4.78, 5) is 19.4. The molecule has 1 amide bonds. The first-order chi connectivity index (χ1) is 22.6. The number of benzene rings is 4. The van der Waals surface area contributed by atoms with Crippen LogP contribution in [0.4, 0.5) is 5.69 Å². The summed E-state index contributed by atoms with van der Waals surface area (Å²) < 4.78 is 13.5. The maximum atomic E-state index is 12.9. The molecule has 4 atom stereocenters. The maximum absolute atomic E-state index is 12.9. The monoisotopic (exact) mass is 613 g/mol. The Morgan fingerprint density at radius 2 is 1.48 bits per heavy atom. The zero-order valence-electron chi connectivity index (χ0n) is 25.9. The third-order valence-electron chi connectivity index (χ3n) is 8.40. The minimum absolute atomic E-state index is 0.0127. The number of ether oxygens (including phenoxy) is 2. The van der Waals surface area contributed by atoms with Gasteiger partial charge in [0.15, 0.2) is 6.29 Å². The number of hydrogen-bond donors (Lipinski definition) is 2. The highest BCUT2D eigenvalue weighted by atomic mass is 16.7. The number of anilines is 1. The van der Waals surface area contributed by atoms with E-state index in [2.05, 4.69) is 70.7 Å². The Bertz CT molecular complexity index is 1640. The smallest absolute Gasteiger partial charge is 0.257 e. The number of aliphatic hydroxyl groups is 1. The van der Waals surface area contributed by atoms with Crippen LogP contribution in [0.1, 0.15) is 57.5 Å². The topological polar surface area (TPSA) is 83.9 Å². The van der Waals surface area contributed by atoms with E-state index in [-0.39, 0.29) is 30.6 Å². The number of nitrogens with zero attached hydrogens (tertiary/aromatic N) is 2. The van der Waals surface area contributed by atoms with Crippen LogP contribution in [0, 0.1) is 5.92 Å². The van der Waals surface area contributed by atoms with E-state index in [1.54, 1.807) is 24.5 Å². The van der Waals surface area contributed by atoms with Crippen molar-refractivity contribution in [2.75, 3.05) is 11.9 Å². The first-order valence-electron chi connectivity index (χ1n) is 15.7. The van der Waals surface area contributed by atoms with Crippen LogP contribution in [0.5, 0.6) is 0 Å². The van der Waals surface area contributed by atoms with Gasteiger partial charge in [0.1, 0.15) is 0 Å². The number of nitrogens with one attached hydrogen (secondary N) is 1. The second-order valence-corrected chi connectivity index (χ2v) is 11.8. The highest BCUT2D eigenvalue weighted by molar-refractivity contribution is 6.04. The van der Waals surface area contributed by atoms with E-state index in [0.717, 1.165) is 29.8 Å². The van der Waals surface area contributed by atoms with Crippen LogP contribution in [-0.4, -0.2) is 33.5 Å². The van der Waals surface area contributed by atoms with E-state index in [9.17, 15) is 9.90 Å². The van der Waals surface area contributed by atoms with E-state index in [0.29, 0.717) is 17.8 Å². The molecular weight excluding hydrogens is 574 g/mol. The van der Waals surface area contributed by atoms with Crippen molar-refractivity contribution in [3.8, 4) is 0 Å². The highest BCUT2D eigenvalue weighted by Crippen LogP contribution is 2.42. The quantitative estimate of drug-likeness (QED) is 0.162. The molecule has 7 nitrogen and oxygen atoms in total. The molecule has 0 saturated carbocycles. The summed E-state index contributed by atoms with van der Waals surface area (Å²) in [6.45, 7) is 4.41. The number of hydrogen-bond acceptors (Lipinski definition) is 6. The first kappa shape index (κ1) is 31.3. The maximum Gasteiger partial charge on any atom is 0.257 e. The molecule has 7 heteroatoms. The Labute approximate surface area is 270 Å². The predicted octanol–water partition coefficient (Wildman–Crippen LogP) is 7.32. The number of carbonyl (C=O) groups is 1. The molecule has 46 heavy (non-hydrogen) atoms. The molecule has 1 aromatic heterocycles. The lowest BCUT2D eigenvalue weighted by Crippen LogP contribution is -2.44. The van der Waals surface area contributed by atoms with E-state index in [1.165, 1.54) is 11.1 Å². The lowest BCUT2D eigenvalue weighted by molar-refractivity contribution is -0.276. The van der Waals surface area contributed by atoms with Crippen molar-refractivity contribution in [2.45, 2.75) is 45.1 Å². The van der Waals surface area contributed by atoms with Crippen molar-refractivity contribution < 1.29 is 19.4 Å². The van der Waals surface area contributed by atoms with Crippen LogP contribution in [0.2, 0.25) is 0 Å². The molecule has 2 heterocycles. The standard InChI is InChI=1S/C39H39N3O4/c1-28-36(26-42(24-29-10-4-2-5-11-29)25-30-12-6-3-7-13-30)45-39(46-37(28)32-19-17-31(27-43)18-20-32)33-14-8-16-35(22-33)41-38(44)34-15-9-21-40-23-34/h2-23,28,36-37,39,43H,24-27H2,1H3,(H,41,44). The molecule has 4 unspecified atom stereocenters. The number of rotatable bonds is 11. The van der Waals surface area contributed by atoms with Crippen molar-refractivity contribution in [1.29, 1.82) is 0 Å². The normalized spacial score (nSPS) is 19.5. The predicted molar refractivity (Wildman–Crippen MR) is 179 cm³/mol. The van der Waals surface area contributed by atoms with Gasteiger partial charge in [0.25, 0.3) is 5.91 Å². The molecule has 234 valence electrons. The Hall–Kier alpha value is -4.66. The third kappa shape index (κ3) is 7.94. The van der Waals surface area contributed by atoms with Gasteiger partial charge in [0.05, 0.1) is 24.4 Å². The molecule has 0 spiro atoms. The minimum Gasteiger partial charge on any atom is -0.392 e. The fourth-order valence-electron chi connectivity index (χ4n) is 5.91. The molecule has 1 aliphatic heterocycles. The zero-order chi connectivity index (χ0) is 31.7. The van der Waals surface area contributed by atoms with Crippen LogP contribution in [-0.2, 0) is 29.2 Å². The van der Waals surface area contributed by atoms with Crippen LogP contribution >= 0.6 is 0 Å². The average Bonchev–Trinajstić information content (AvgIpc) is 3.10. The molecule has 1 saturated heterocycles. The van der Waals surface area contributed by atoms with Crippen molar-refractivity contribution in [3.63, 3.8) is 0 Å². The molecule has 0 bridgehead atoms. The van der Waals surface area contributed by atoms with Crippen LogP contribution in [0.3, 0.4) is 0 Å². The van der Waals surface area contributed by atoms with Gasteiger partial charge < -0.3 is 19.9 Å². The first-order valence-corrected chi connectivity index (χ1v) is 15.7. The van der Waals surface area contributed by atoms with Crippen LogP contribution < -0.4 is 5.32 Å². The Morgan fingerprint density at radius 1 is 0.783 bits per heavy atom. The molecule has 2 N–H and O–H groups in total. The third-order valence-corrected chi connectivity index (χ3v) is 8.40. The van der Waals surface area contributed by atoms with E-state index < -0.39 is 6.29 Å². The second kappa shape index (κ2) is 15.1. The molecule has 5 aromatic rings. The summed E-state index contributed by atoms with van der Waals surface area (Å²) in [5.74, 6) is -0.208. The Balaban J connectivity index is 1.28. The summed E-state index contributed by atoms with van der Waals surface area (Å²) in [6.07, 6.45) is 2.11. The number of aliphatic hydroxyl groups excluding tert-OH is 1. The minimum atomic E-state index is -0.658. The van der Waals surface area contributed by atoms with Crippen molar-refractivity contribution in [1.82, 2.24) is 9.88 Å². The van der Waals surface area contributed by atoms with Crippen molar-refractivity contribution in [2.24, 2.45) is 5.92 Å². The van der Waals surface area contributed by atoms with Gasteiger partial charge in [0, 0.05) is 49.2 Å². The van der Waals surface area contributed by atoms with Crippen LogP contribution in [0.15, 0.2) is 134 Å². The largest absolute Gasteiger partial charge is 0.392 e. The number of carbonyl (C=O) groups excluding carboxylic acids is 1. The summed E-state index contributed by atoms with van der Waals surface area (Å²) in [7, 11) is 0. The number of aromatic nitrogens is 1. The lowest BCUT2D eigenvalue weighted by atomic mass is 9.89. The Kier molecular flexibility index (Phi) is 10.3. The second-order valence-electron chi connectivity index (χ2n) is 11.8. The summed E-state index contributed by atoms with van der Waals surface area (Å²) in [5, 5.41) is 12.6. The lowest BCUT2D eigenvalue weighted by Gasteiger charge is -2.43. The van der Waals surface area contributed by atoms with Gasteiger partial charge in [-0.2, -0.15) is 0 Å². The van der Waals surface area contributed by atoms with Gasteiger partial charge in [-0.15, -0.1) is 0 Å². The molecule has 0 radical (unpaired) electrons. The van der Waals surface area contributed by atoms with Crippen LogP contribution in [0.25, 0.3) is 0 Å². The zero-order valence-corrected chi connectivity index (χ0v) is 25.9. The molecule has 0 aliphatic carbocycles. The molecular formula is C39H39N3O4. The van der Waals surface area contributed by atoms with Gasteiger partial charge in [-0.3, -0.25) is 14.7 Å². The fourth-order valence-corrected chi connectivity index (χ4v) is 5.91. The molecule has 1 fully saturated rings. The van der Waals surface area contributed by atoms with E-state index in [4.69, 9.17) is 9.47 Å². The van der Waals surface area contributed by atoms with Gasteiger partial charge in [-0.1, -0.05) is 104 Å². The Morgan fingerprint density at radius 3 is 2.11 bits per heavy atom. The fraction of sp³-hybridized carbons (Fsp3) is 0.231. The SMILES string of the molecule is CC1C(CN(Cc2ccccc2)Cc2ccccc2)OC(c2cccc(NC(=O)c3cccnc3)c2)OC1c1ccc(CO)cc1. The average molecular weight is 614 g/mol. The molecule has 1 aliphatic rings. The van der Waals surface area contributed by atoms with Gasteiger partial charge >= 0.3 is 0 Å².